The fourth-order valence-corrected chi connectivity index (χ4v) is 6.97. The predicted molar refractivity (Wildman–Crippen MR) is 190 cm³/mol. The number of aromatic carboxylic acids is 1. The number of hydrogen-bond donors (Lipinski definition) is 2. The van der Waals surface area contributed by atoms with E-state index in [1.807, 2.05) is 38.1 Å². The van der Waals surface area contributed by atoms with Gasteiger partial charge in [-0.2, -0.15) is 0 Å². The number of fused-ring (bicyclic) bond motifs is 4. The lowest BCUT2D eigenvalue weighted by molar-refractivity contribution is 0.0690. The molecule has 3 aromatic heterocycles. The van der Waals surface area contributed by atoms with Gasteiger partial charge in [0, 0.05) is 33.1 Å². The Bertz CT molecular complexity index is 2510. The minimum Gasteiger partial charge on any atom is -0.477 e. The van der Waals surface area contributed by atoms with E-state index in [2.05, 4.69) is 107 Å². The molecule has 0 amide bonds. The minimum atomic E-state index is -1.07. The zero-order valence-corrected chi connectivity index (χ0v) is 26.6. The largest absolute Gasteiger partial charge is 0.477 e. The molecule has 0 aliphatic heterocycles. The summed E-state index contributed by atoms with van der Waals surface area (Å²) in [5, 5.41) is 12.4. The van der Waals surface area contributed by atoms with Crippen LogP contribution in [0.3, 0.4) is 0 Å². The van der Waals surface area contributed by atoms with Crippen molar-refractivity contribution in [2.75, 3.05) is 0 Å². The van der Waals surface area contributed by atoms with Crippen LogP contribution >= 0.6 is 0 Å². The second kappa shape index (κ2) is 10.8. The minimum absolute atomic E-state index is 0.00882. The molecule has 0 aliphatic rings. The molecule has 47 heavy (non-hydrogen) atoms. The molecule has 6 nitrogen and oxygen atoms in total. The van der Waals surface area contributed by atoms with E-state index in [-0.39, 0.29) is 5.69 Å². The van der Waals surface area contributed by atoms with Gasteiger partial charge in [-0.15, -0.1) is 0 Å². The Labute approximate surface area is 272 Å². The van der Waals surface area contributed by atoms with E-state index in [1.54, 1.807) is 6.07 Å². The van der Waals surface area contributed by atoms with Crippen LogP contribution in [0.1, 0.15) is 32.7 Å². The molecule has 0 saturated carbocycles. The Kier molecular flexibility index (Phi) is 6.55. The van der Waals surface area contributed by atoms with Crippen LogP contribution in [0.25, 0.3) is 72.3 Å². The highest BCUT2D eigenvalue weighted by atomic mass is 16.4. The molecule has 0 radical (unpaired) electrons. The van der Waals surface area contributed by atoms with E-state index in [0.717, 1.165) is 88.9 Å². The number of benzene rings is 5. The fraction of sp³-hybridized carbons (Fsp3) is 0.0976. The Morgan fingerprint density at radius 3 is 2.04 bits per heavy atom. The van der Waals surface area contributed by atoms with Crippen LogP contribution in [0, 0.1) is 27.7 Å². The molecule has 3 heterocycles. The van der Waals surface area contributed by atoms with Gasteiger partial charge in [0.2, 0.25) is 0 Å². The first kappa shape index (κ1) is 28.5. The summed E-state index contributed by atoms with van der Waals surface area (Å²) < 4.78 is 2.21. The first-order valence-electron chi connectivity index (χ1n) is 15.7. The Morgan fingerprint density at radius 1 is 0.660 bits per heavy atom. The van der Waals surface area contributed by atoms with Gasteiger partial charge in [-0.05, 0) is 92.4 Å². The number of carboxylic acid groups (broad SMARTS) is 1. The van der Waals surface area contributed by atoms with Crippen molar-refractivity contribution in [3.8, 4) is 39.5 Å². The monoisotopic (exact) mass is 612 g/mol. The van der Waals surface area contributed by atoms with Crippen LogP contribution in [0.5, 0.6) is 0 Å². The molecule has 0 saturated heterocycles. The molecule has 5 aromatic carbocycles. The van der Waals surface area contributed by atoms with Crippen LogP contribution in [-0.2, 0) is 0 Å². The van der Waals surface area contributed by atoms with Crippen LogP contribution in [-0.4, -0.2) is 30.6 Å². The van der Waals surface area contributed by atoms with Gasteiger partial charge in [-0.25, -0.2) is 14.8 Å². The van der Waals surface area contributed by atoms with Gasteiger partial charge in [0.25, 0.3) is 0 Å². The summed E-state index contributed by atoms with van der Waals surface area (Å²) >= 11 is 0. The summed E-state index contributed by atoms with van der Waals surface area (Å²) in [6.07, 6.45) is 0. The number of hydrogen-bond acceptors (Lipinski definition) is 3. The third-order valence-corrected chi connectivity index (χ3v) is 8.81. The molecule has 8 rings (SSSR count). The van der Waals surface area contributed by atoms with Crippen molar-refractivity contribution in [2.24, 2.45) is 0 Å². The van der Waals surface area contributed by atoms with Crippen molar-refractivity contribution in [1.82, 2.24) is 19.5 Å². The maximum atomic E-state index is 12.4. The molecule has 0 spiro atoms. The maximum Gasteiger partial charge on any atom is 0.354 e. The van der Waals surface area contributed by atoms with E-state index < -0.39 is 5.97 Å². The molecule has 228 valence electrons. The van der Waals surface area contributed by atoms with Crippen molar-refractivity contribution in [2.45, 2.75) is 27.7 Å². The van der Waals surface area contributed by atoms with Crippen molar-refractivity contribution in [3.63, 3.8) is 0 Å². The second-order valence-corrected chi connectivity index (χ2v) is 12.5. The highest BCUT2D eigenvalue weighted by molar-refractivity contribution is 6.12. The molecule has 0 bridgehead atoms. The molecule has 0 fully saturated rings. The number of nitrogens with zero attached hydrogens (tertiary/aromatic N) is 3. The number of pyridine rings is 1. The van der Waals surface area contributed by atoms with Gasteiger partial charge in [-0.3, -0.25) is 4.57 Å². The normalized spacial score (nSPS) is 11.6. The Hall–Kier alpha value is -6.01. The molecule has 0 atom stereocenters. The van der Waals surface area contributed by atoms with Gasteiger partial charge in [0.15, 0.2) is 0 Å². The lowest BCUT2D eigenvalue weighted by atomic mass is 9.98. The van der Waals surface area contributed by atoms with Gasteiger partial charge in [0.05, 0.1) is 22.2 Å². The summed E-state index contributed by atoms with van der Waals surface area (Å²) in [5.74, 6) is -0.282. The number of carboxylic acids is 1. The molecular weight excluding hydrogens is 580 g/mol. The molecular formula is C41H32N4O2. The number of aromatic nitrogens is 4. The average molecular weight is 613 g/mol. The number of para-hydroxylation sites is 3. The number of H-pyrrole nitrogens is 1. The van der Waals surface area contributed by atoms with Crippen LogP contribution < -0.4 is 0 Å². The van der Waals surface area contributed by atoms with Crippen LogP contribution in [0.4, 0.5) is 0 Å². The maximum absolute atomic E-state index is 12.4. The van der Waals surface area contributed by atoms with E-state index in [4.69, 9.17) is 4.98 Å². The molecule has 0 unspecified atom stereocenters. The van der Waals surface area contributed by atoms with Crippen molar-refractivity contribution < 1.29 is 9.90 Å². The number of nitrogens with one attached hydrogen (secondary N) is 1. The molecule has 0 aliphatic carbocycles. The van der Waals surface area contributed by atoms with Gasteiger partial charge in [-0.1, -0.05) is 77.9 Å². The van der Waals surface area contributed by atoms with Crippen molar-refractivity contribution in [3.05, 3.63) is 137 Å². The molecule has 2 N–H and O–H groups in total. The average Bonchev–Trinajstić information content (AvgIpc) is 3.62. The standard InChI is InChI=1S/C41H32N4O2/c1-23-15-24(2)18-27(17-23)28-21-35(42-36(22-28)41(46)47)32-11-8-14-37-39(32)44-40(45(37)29-19-25(3)16-26(4)20-29)33-12-7-10-31-30-9-5-6-13-34(30)43-38(31)33/h5-22,43H,1-4H3,(H,46,47). The third kappa shape index (κ3) is 4.86. The van der Waals surface area contributed by atoms with Crippen molar-refractivity contribution in [1.29, 1.82) is 0 Å². The van der Waals surface area contributed by atoms with Gasteiger partial charge < -0.3 is 10.1 Å². The summed E-state index contributed by atoms with van der Waals surface area (Å²) in [6, 6.07) is 37.1. The molecule has 8 aromatic rings. The lowest BCUT2D eigenvalue weighted by Gasteiger charge is -2.13. The third-order valence-electron chi connectivity index (χ3n) is 8.81. The number of imidazole rings is 1. The van der Waals surface area contributed by atoms with Crippen molar-refractivity contribution >= 4 is 38.8 Å². The summed E-state index contributed by atoms with van der Waals surface area (Å²) in [7, 11) is 0. The van der Waals surface area contributed by atoms with Crippen LogP contribution in [0.15, 0.2) is 109 Å². The second-order valence-electron chi connectivity index (χ2n) is 12.5. The zero-order chi connectivity index (χ0) is 32.4. The molecule has 6 heteroatoms. The number of rotatable bonds is 5. The summed E-state index contributed by atoms with van der Waals surface area (Å²) in [5.41, 5.74) is 13.3. The van der Waals surface area contributed by atoms with Crippen LogP contribution in [0.2, 0.25) is 0 Å². The highest BCUT2D eigenvalue weighted by Gasteiger charge is 2.22. The first-order chi connectivity index (χ1) is 22.7. The Balaban J connectivity index is 1.44. The van der Waals surface area contributed by atoms with Gasteiger partial charge in [0.1, 0.15) is 11.5 Å². The SMILES string of the molecule is Cc1cc(C)cc(-c2cc(C(=O)O)nc(-c3cccc4c3nc(-c3cccc5c3[nH]c3ccccc35)n4-c3cc(C)cc(C)c3)c2)c1. The van der Waals surface area contributed by atoms with E-state index in [1.165, 1.54) is 0 Å². The van der Waals surface area contributed by atoms with Gasteiger partial charge >= 0.3 is 5.97 Å². The first-order valence-corrected chi connectivity index (χ1v) is 15.7. The fourth-order valence-electron chi connectivity index (χ4n) is 6.97. The quantitative estimate of drug-likeness (QED) is 0.203. The number of carbonyl (C=O) groups is 1. The number of aryl methyl sites for hydroxylation is 4. The zero-order valence-electron chi connectivity index (χ0n) is 26.6. The number of aromatic amines is 1. The van der Waals surface area contributed by atoms with E-state index >= 15 is 0 Å². The predicted octanol–water partition coefficient (Wildman–Crippen LogP) is 9.99. The van der Waals surface area contributed by atoms with E-state index in [9.17, 15) is 9.90 Å². The lowest BCUT2D eigenvalue weighted by Crippen LogP contribution is -2.02. The summed E-state index contributed by atoms with van der Waals surface area (Å²) in [4.78, 5) is 26.1. The highest BCUT2D eigenvalue weighted by Crippen LogP contribution is 2.39. The smallest absolute Gasteiger partial charge is 0.354 e. The topological polar surface area (TPSA) is 83.8 Å². The Morgan fingerprint density at radius 2 is 1.30 bits per heavy atom. The van der Waals surface area contributed by atoms with E-state index in [0.29, 0.717) is 5.69 Å². The summed E-state index contributed by atoms with van der Waals surface area (Å²) in [6.45, 7) is 8.31.